The van der Waals surface area contributed by atoms with E-state index >= 15 is 0 Å². The van der Waals surface area contributed by atoms with Gasteiger partial charge >= 0.3 is 0 Å². The Bertz CT molecular complexity index is 534. The van der Waals surface area contributed by atoms with Crippen LogP contribution in [0.2, 0.25) is 5.02 Å². The summed E-state index contributed by atoms with van der Waals surface area (Å²) in [5.74, 6) is 0.873. The van der Waals surface area contributed by atoms with Gasteiger partial charge in [-0.2, -0.15) is 0 Å². The minimum Gasteiger partial charge on any atom is -0.357 e. The van der Waals surface area contributed by atoms with Gasteiger partial charge in [-0.05, 0) is 64.1 Å². The van der Waals surface area contributed by atoms with Crippen LogP contribution >= 0.6 is 11.6 Å². The molecule has 1 aliphatic rings. The van der Waals surface area contributed by atoms with Gasteiger partial charge in [0.15, 0.2) is 5.96 Å². The molecule has 0 unspecified atom stereocenters. The molecule has 0 bridgehead atoms. The number of aliphatic imine (C=N–C) groups is 1. The maximum absolute atomic E-state index is 6.03. The van der Waals surface area contributed by atoms with Crippen LogP contribution in [-0.4, -0.2) is 68.6 Å². The van der Waals surface area contributed by atoms with Crippen molar-refractivity contribution in [1.29, 1.82) is 0 Å². The van der Waals surface area contributed by atoms with Crippen molar-refractivity contribution in [3.8, 4) is 0 Å². The molecule has 0 atom stereocenters. The lowest BCUT2D eigenvalue weighted by Gasteiger charge is -2.20. The van der Waals surface area contributed by atoms with Crippen molar-refractivity contribution in [2.75, 3.05) is 52.9 Å². The summed E-state index contributed by atoms with van der Waals surface area (Å²) in [4.78, 5) is 9.64. The normalized spacial score (nSPS) is 17.3. The molecule has 1 saturated heterocycles. The van der Waals surface area contributed by atoms with E-state index in [0.29, 0.717) is 6.54 Å². The molecule has 140 valence electrons. The fourth-order valence-corrected chi connectivity index (χ4v) is 3.19. The Hall–Kier alpha value is -1.30. The largest absolute Gasteiger partial charge is 0.357 e. The van der Waals surface area contributed by atoms with Crippen molar-refractivity contribution in [2.45, 2.75) is 26.3 Å². The van der Waals surface area contributed by atoms with Gasteiger partial charge in [0.25, 0.3) is 0 Å². The van der Waals surface area contributed by atoms with E-state index in [0.717, 1.165) is 42.6 Å². The van der Waals surface area contributed by atoms with Gasteiger partial charge in [0.1, 0.15) is 0 Å². The number of likely N-dealkylation sites (N-methyl/N-ethyl adjacent to an activating group) is 1. The van der Waals surface area contributed by atoms with Crippen molar-refractivity contribution in [2.24, 2.45) is 4.99 Å². The average Bonchev–Trinajstić information content (AvgIpc) is 2.81. The summed E-state index contributed by atoms with van der Waals surface area (Å²) in [6.45, 7) is 10.5. The molecular formula is C19H32ClN5. The smallest absolute Gasteiger partial charge is 0.191 e. The first-order chi connectivity index (χ1) is 12.2. The molecule has 0 aliphatic carbocycles. The van der Waals surface area contributed by atoms with E-state index in [1.807, 2.05) is 18.2 Å². The fraction of sp³-hybridized carbons (Fsp3) is 0.632. The molecule has 1 fully saturated rings. The number of halogens is 1. The molecule has 0 spiro atoms. The summed E-state index contributed by atoms with van der Waals surface area (Å²) in [5.41, 5.74) is 1.12. The molecule has 6 heteroatoms. The van der Waals surface area contributed by atoms with E-state index in [1.54, 1.807) is 0 Å². The molecule has 1 aromatic rings. The Balaban J connectivity index is 1.72. The maximum Gasteiger partial charge on any atom is 0.191 e. The van der Waals surface area contributed by atoms with Crippen molar-refractivity contribution < 1.29 is 0 Å². The number of guanidine groups is 1. The van der Waals surface area contributed by atoms with Gasteiger partial charge in [-0.3, -0.25) is 0 Å². The van der Waals surface area contributed by atoms with Crippen LogP contribution in [0.15, 0.2) is 29.3 Å². The highest BCUT2D eigenvalue weighted by molar-refractivity contribution is 6.30. The van der Waals surface area contributed by atoms with Gasteiger partial charge in [0.2, 0.25) is 0 Å². The Kier molecular flexibility index (Phi) is 9.08. The third kappa shape index (κ3) is 8.08. The van der Waals surface area contributed by atoms with Crippen LogP contribution in [0.25, 0.3) is 0 Å². The third-order valence-corrected chi connectivity index (χ3v) is 4.64. The van der Waals surface area contributed by atoms with Crippen LogP contribution in [0.3, 0.4) is 0 Å². The summed E-state index contributed by atoms with van der Waals surface area (Å²) in [7, 11) is 2.21. The second kappa shape index (κ2) is 11.3. The quantitative estimate of drug-likeness (QED) is 0.442. The average molecular weight is 366 g/mol. The number of hydrogen-bond acceptors (Lipinski definition) is 3. The highest BCUT2D eigenvalue weighted by Crippen LogP contribution is 2.11. The summed E-state index contributed by atoms with van der Waals surface area (Å²) >= 11 is 6.03. The van der Waals surface area contributed by atoms with Crippen LogP contribution in [0.4, 0.5) is 0 Å². The Morgan fingerprint density at radius 2 is 2.08 bits per heavy atom. The summed E-state index contributed by atoms with van der Waals surface area (Å²) in [6, 6.07) is 7.87. The third-order valence-electron chi connectivity index (χ3n) is 4.41. The zero-order chi connectivity index (χ0) is 17.9. The van der Waals surface area contributed by atoms with E-state index in [4.69, 9.17) is 11.6 Å². The van der Waals surface area contributed by atoms with Crippen LogP contribution in [0, 0.1) is 0 Å². The number of nitrogens with zero attached hydrogens (tertiary/aromatic N) is 3. The first kappa shape index (κ1) is 20.0. The predicted octanol–water partition coefficient (Wildman–Crippen LogP) is 2.42. The molecule has 1 heterocycles. The second-order valence-electron chi connectivity index (χ2n) is 6.60. The molecule has 0 radical (unpaired) electrons. The van der Waals surface area contributed by atoms with Crippen molar-refractivity contribution in [3.05, 3.63) is 34.9 Å². The van der Waals surface area contributed by atoms with Crippen LogP contribution in [0.1, 0.15) is 25.3 Å². The molecule has 0 amide bonds. The first-order valence-corrected chi connectivity index (χ1v) is 9.72. The lowest BCUT2D eigenvalue weighted by atomic mass is 10.2. The van der Waals surface area contributed by atoms with Gasteiger partial charge < -0.3 is 20.4 Å². The van der Waals surface area contributed by atoms with Gasteiger partial charge in [-0.25, -0.2) is 4.99 Å². The van der Waals surface area contributed by atoms with Crippen LogP contribution in [0.5, 0.6) is 0 Å². The number of nitrogens with one attached hydrogen (secondary N) is 2. The SMILES string of the molecule is CCNC(=NCc1cccc(Cl)c1)NCCCN1CCCN(C)CC1. The Labute approximate surface area is 157 Å². The zero-order valence-corrected chi connectivity index (χ0v) is 16.4. The van der Waals surface area contributed by atoms with E-state index in [2.05, 4.69) is 45.5 Å². The molecule has 25 heavy (non-hydrogen) atoms. The molecule has 1 aromatic carbocycles. The molecule has 0 aromatic heterocycles. The first-order valence-electron chi connectivity index (χ1n) is 9.35. The topological polar surface area (TPSA) is 42.9 Å². The lowest BCUT2D eigenvalue weighted by molar-refractivity contribution is 0.274. The highest BCUT2D eigenvalue weighted by atomic mass is 35.5. The monoisotopic (exact) mass is 365 g/mol. The van der Waals surface area contributed by atoms with E-state index < -0.39 is 0 Å². The second-order valence-corrected chi connectivity index (χ2v) is 7.04. The molecule has 2 rings (SSSR count). The molecule has 2 N–H and O–H groups in total. The van der Waals surface area contributed by atoms with Crippen molar-refractivity contribution in [1.82, 2.24) is 20.4 Å². The van der Waals surface area contributed by atoms with Gasteiger partial charge in [0.05, 0.1) is 6.54 Å². The lowest BCUT2D eigenvalue weighted by Crippen LogP contribution is -2.39. The van der Waals surface area contributed by atoms with Crippen LogP contribution < -0.4 is 10.6 Å². The number of benzene rings is 1. The Morgan fingerprint density at radius 3 is 2.88 bits per heavy atom. The van der Waals surface area contributed by atoms with E-state index in [1.165, 1.54) is 32.6 Å². The fourth-order valence-electron chi connectivity index (χ4n) is 2.98. The van der Waals surface area contributed by atoms with E-state index in [-0.39, 0.29) is 0 Å². The number of rotatable bonds is 7. The summed E-state index contributed by atoms with van der Waals surface area (Å²) < 4.78 is 0. The van der Waals surface area contributed by atoms with Crippen LogP contribution in [-0.2, 0) is 6.54 Å². The summed E-state index contributed by atoms with van der Waals surface area (Å²) in [6.07, 6.45) is 2.40. The maximum atomic E-state index is 6.03. The van der Waals surface area contributed by atoms with Gasteiger partial charge in [0, 0.05) is 31.2 Å². The van der Waals surface area contributed by atoms with Gasteiger partial charge in [-0.1, -0.05) is 23.7 Å². The Morgan fingerprint density at radius 1 is 1.20 bits per heavy atom. The molecule has 5 nitrogen and oxygen atoms in total. The zero-order valence-electron chi connectivity index (χ0n) is 15.6. The predicted molar refractivity (Wildman–Crippen MR) is 107 cm³/mol. The highest BCUT2D eigenvalue weighted by Gasteiger charge is 2.11. The van der Waals surface area contributed by atoms with Gasteiger partial charge in [-0.15, -0.1) is 0 Å². The standard InChI is InChI=1S/C19H32ClN5/c1-3-21-19(23-16-17-7-4-8-18(20)15-17)22-9-5-11-25-12-6-10-24(2)13-14-25/h4,7-8,15H,3,5-6,9-14,16H2,1-2H3,(H2,21,22,23). The van der Waals surface area contributed by atoms with Crippen molar-refractivity contribution in [3.63, 3.8) is 0 Å². The summed E-state index contributed by atoms with van der Waals surface area (Å²) in [5, 5.41) is 7.50. The number of hydrogen-bond donors (Lipinski definition) is 2. The molecule has 1 aliphatic heterocycles. The van der Waals surface area contributed by atoms with E-state index in [9.17, 15) is 0 Å². The minimum absolute atomic E-state index is 0.633. The van der Waals surface area contributed by atoms with Crippen molar-refractivity contribution >= 4 is 17.6 Å². The molecular weight excluding hydrogens is 334 g/mol. The molecule has 0 saturated carbocycles. The minimum atomic E-state index is 0.633.